The maximum atomic E-state index is 14.3. The van der Waals surface area contributed by atoms with Crippen LogP contribution in [-0.4, -0.2) is 67.7 Å². The number of aliphatic hydroxyl groups is 1. The van der Waals surface area contributed by atoms with E-state index in [4.69, 9.17) is 0 Å². The van der Waals surface area contributed by atoms with Crippen LogP contribution in [0, 0.1) is 0 Å². The first kappa shape index (κ1) is 30.1. The Bertz CT molecular complexity index is 1240. The molecule has 14 heteroatoms. The predicted octanol–water partition coefficient (Wildman–Crippen LogP) is 5.55. The van der Waals surface area contributed by atoms with E-state index in [0.717, 1.165) is 49.3 Å². The van der Waals surface area contributed by atoms with Crippen LogP contribution in [0.1, 0.15) is 92.1 Å². The van der Waals surface area contributed by atoms with Crippen molar-refractivity contribution in [1.82, 2.24) is 20.2 Å². The molecule has 40 heavy (non-hydrogen) atoms. The van der Waals surface area contributed by atoms with Crippen LogP contribution < -0.4 is 10.6 Å². The number of hydrogen-bond donors (Lipinski definition) is 3. The van der Waals surface area contributed by atoms with Crippen LogP contribution in [-0.2, 0) is 0 Å². The van der Waals surface area contributed by atoms with E-state index >= 15 is 0 Å². The van der Waals surface area contributed by atoms with Gasteiger partial charge in [0.25, 0.3) is 18.2 Å². The number of amides is 2. The number of thiazole rings is 1. The lowest BCUT2D eigenvalue weighted by molar-refractivity contribution is -0.142. The molecule has 0 saturated carbocycles. The van der Waals surface area contributed by atoms with Crippen LogP contribution in [0.5, 0.6) is 0 Å². The highest BCUT2D eigenvalue weighted by molar-refractivity contribution is 7.17. The van der Waals surface area contributed by atoms with Gasteiger partial charge in [0.15, 0.2) is 5.01 Å². The number of anilines is 1. The monoisotopic (exact) mass is 589 g/mol. The number of nitrogens with one attached hydrogen (secondary N) is 2. The van der Waals surface area contributed by atoms with Gasteiger partial charge in [-0.3, -0.25) is 9.59 Å². The van der Waals surface area contributed by atoms with Gasteiger partial charge in [-0.1, -0.05) is 6.92 Å². The van der Waals surface area contributed by atoms with Gasteiger partial charge < -0.3 is 20.6 Å². The molecular weight excluding hydrogens is 557 g/mol. The number of carbonyl (C=O) groups excluding carboxylic acids is 2. The molecule has 2 saturated heterocycles. The average Bonchev–Trinajstić information content (AvgIpc) is 3.60. The lowest BCUT2D eigenvalue weighted by atomic mass is 10.0. The Morgan fingerprint density at radius 3 is 2.27 bits per heavy atom. The van der Waals surface area contributed by atoms with Gasteiger partial charge in [0.05, 0.1) is 16.5 Å². The van der Waals surface area contributed by atoms with Gasteiger partial charge in [0.1, 0.15) is 17.6 Å². The topological polar surface area (TPSA) is 107 Å². The van der Waals surface area contributed by atoms with Gasteiger partial charge in [-0.2, -0.15) is 13.2 Å². The summed E-state index contributed by atoms with van der Waals surface area (Å²) in [5.74, 6) is -1.59. The first-order chi connectivity index (χ1) is 18.6. The SMILES string of the molecule is CC[C@H](Nc1cc(C(F)F)c(-c2sc(C(=O)N[C@H](C)C(C)(C)O)nc2C(=O)N2[C@H]3CC[C@@H]2CC3)cn1)C(F)(F)F. The normalized spacial score (nSPS) is 20.6. The molecule has 0 radical (unpaired) electrons. The van der Waals surface area contributed by atoms with Crippen molar-refractivity contribution in [3.8, 4) is 10.4 Å². The minimum atomic E-state index is -4.62. The zero-order valence-electron chi connectivity index (χ0n) is 22.5. The summed E-state index contributed by atoms with van der Waals surface area (Å²) >= 11 is 0.717. The molecule has 220 valence electrons. The molecule has 2 aromatic heterocycles. The molecule has 2 atom stereocenters. The molecule has 0 spiro atoms. The van der Waals surface area contributed by atoms with Crippen LogP contribution >= 0.6 is 11.3 Å². The Balaban J connectivity index is 1.77. The van der Waals surface area contributed by atoms with E-state index in [9.17, 15) is 36.6 Å². The Hall–Kier alpha value is -2.87. The maximum Gasteiger partial charge on any atom is 0.408 e. The third kappa shape index (κ3) is 6.07. The number of halogens is 5. The fourth-order valence-corrected chi connectivity index (χ4v) is 6.05. The summed E-state index contributed by atoms with van der Waals surface area (Å²) < 4.78 is 68.4. The molecule has 0 aromatic carbocycles. The van der Waals surface area contributed by atoms with Gasteiger partial charge in [-0.15, -0.1) is 11.3 Å². The highest BCUT2D eigenvalue weighted by atomic mass is 32.1. The summed E-state index contributed by atoms with van der Waals surface area (Å²) in [6, 6.07) is -1.88. The number of hydrogen-bond acceptors (Lipinski definition) is 7. The van der Waals surface area contributed by atoms with Gasteiger partial charge in [-0.05, 0) is 58.9 Å². The molecule has 2 aliphatic heterocycles. The summed E-state index contributed by atoms with van der Waals surface area (Å²) in [6.07, 6.45) is -3.84. The zero-order valence-corrected chi connectivity index (χ0v) is 23.3. The summed E-state index contributed by atoms with van der Waals surface area (Å²) in [6.45, 7) is 5.89. The van der Waals surface area contributed by atoms with Crippen molar-refractivity contribution in [3.05, 3.63) is 28.5 Å². The molecule has 8 nitrogen and oxygen atoms in total. The zero-order chi connectivity index (χ0) is 29.6. The average molecular weight is 590 g/mol. The van der Waals surface area contributed by atoms with E-state index in [0.29, 0.717) is 0 Å². The second-order valence-corrected chi connectivity index (χ2v) is 11.8. The van der Waals surface area contributed by atoms with E-state index in [2.05, 4.69) is 20.6 Å². The molecule has 2 aromatic rings. The van der Waals surface area contributed by atoms with Gasteiger partial charge in [0, 0.05) is 29.4 Å². The fourth-order valence-electron chi connectivity index (χ4n) is 5.06. The lowest BCUT2D eigenvalue weighted by Crippen LogP contribution is -2.47. The Morgan fingerprint density at radius 1 is 1.18 bits per heavy atom. The van der Waals surface area contributed by atoms with Crippen LogP contribution in [0.15, 0.2) is 12.3 Å². The molecule has 2 fully saturated rings. The Morgan fingerprint density at radius 2 is 1.77 bits per heavy atom. The smallest absolute Gasteiger partial charge is 0.388 e. The molecule has 2 aliphatic rings. The molecule has 4 heterocycles. The van der Waals surface area contributed by atoms with Crippen LogP contribution in [0.3, 0.4) is 0 Å². The molecule has 4 rings (SSSR count). The quantitative estimate of drug-likeness (QED) is 0.331. The van der Waals surface area contributed by atoms with Gasteiger partial charge in [-0.25, -0.2) is 18.7 Å². The molecule has 0 unspecified atom stereocenters. The highest BCUT2D eigenvalue weighted by Crippen LogP contribution is 2.42. The maximum absolute atomic E-state index is 14.3. The van der Waals surface area contributed by atoms with Crippen LogP contribution in [0.25, 0.3) is 10.4 Å². The van der Waals surface area contributed by atoms with Crippen molar-refractivity contribution >= 4 is 29.0 Å². The van der Waals surface area contributed by atoms with E-state index in [-0.39, 0.29) is 39.6 Å². The minimum Gasteiger partial charge on any atom is -0.388 e. The van der Waals surface area contributed by atoms with Crippen molar-refractivity contribution in [2.75, 3.05) is 5.32 Å². The van der Waals surface area contributed by atoms with Gasteiger partial charge in [0.2, 0.25) is 0 Å². The standard InChI is InChI=1S/C26H32F5N5O3S/c1-5-17(26(29,30)31)34-18-10-15(21(27)28)16(11-32-18)20-19(24(38)36-13-6-7-14(36)9-8-13)35-23(40-20)22(37)33-12(2)25(3,4)39/h10-14,17,21,39H,5-9H2,1-4H3,(H,32,34)(H,33,37)/t12-,13-,14+,17+/m1/s1. The largest absolute Gasteiger partial charge is 0.408 e. The molecule has 3 N–H and O–H groups in total. The molecule has 0 aliphatic carbocycles. The van der Waals surface area contributed by atoms with Crippen molar-refractivity contribution in [2.24, 2.45) is 0 Å². The second kappa shape index (κ2) is 11.2. The third-order valence-corrected chi connectivity index (χ3v) is 8.75. The summed E-state index contributed by atoms with van der Waals surface area (Å²) in [7, 11) is 0. The van der Waals surface area contributed by atoms with E-state index in [1.54, 1.807) is 11.8 Å². The Kier molecular flexibility index (Phi) is 8.42. The first-order valence-electron chi connectivity index (χ1n) is 13.1. The number of alkyl halides is 5. The number of carbonyl (C=O) groups is 2. The fraction of sp³-hybridized carbons (Fsp3) is 0.615. The summed E-state index contributed by atoms with van der Waals surface area (Å²) in [5, 5.41) is 14.8. The highest BCUT2D eigenvalue weighted by Gasteiger charge is 2.44. The van der Waals surface area contributed by atoms with Crippen molar-refractivity contribution in [1.29, 1.82) is 0 Å². The van der Waals surface area contributed by atoms with Crippen LogP contribution in [0.4, 0.5) is 27.8 Å². The third-order valence-electron chi connectivity index (χ3n) is 7.66. The van der Waals surface area contributed by atoms with Crippen LogP contribution in [0.2, 0.25) is 0 Å². The summed E-state index contributed by atoms with van der Waals surface area (Å²) in [4.78, 5) is 36.6. The number of fused-ring (bicyclic) bond motifs is 2. The van der Waals surface area contributed by atoms with Crippen molar-refractivity contribution < 1.29 is 36.6 Å². The predicted molar refractivity (Wildman–Crippen MR) is 139 cm³/mol. The van der Waals surface area contributed by atoms with E-state index in [1.807, 2.05) is 0 Å². The lowest BCUT2D eigenvalue weighted by Gasteiger charge is -2.26. The van der Waals surface area contributed by atoms with Gasteiger partial charge >= 0.3 is 6.18 Å². The Labute approximate surface area is 232 Å². The second-order valence-electron chi connectivity index (χ2n) is 10.8. The number of pyridine rings is 1. The van der Waals surface area contributed by atoms with E-state index in [1.165, 1.54) is 20.8 Å². The minimum absolute atomic E-state index is 0.00727. The molecule has 2 amide bonds. The number of nitrogens with zero attached hydrogens (tertiary/aromatic N) is 3. The molecular formula is C26H32F5N5O3S. The van der Waals surface area contributed by atoms with Crippen molar-refractivity contribution in [3.63, 3.8) is 0 Å². The first-order valence-corrected chi connectivity index (χ1v) is 13.9. The molecule has 2 bridgehead atoms. The van der Waals surface area contributed by atoms with E-state index < -0.39 is 53.5 Å². The summed E-state index contributed by atoms with van der Waals surface area (Å²) in [5.41, 5.74) is -2.29. The van der Waals surface area contributed by atoms with Crippen molar-refractivity contribution in [2.45, 2.75) is 102 Å². The number of rotatable bonds is 9. The number of aromatic nitrogens is 2.